The second-order valence-electron chi connectivity index (χ2n) is 2.87. The zero-order chi connectivity index (χ0) is 10.6. The summed E-state index contributed by atoms with van der Waals surface area (Å²) in [6.45, 7) is 7.39. The first-order valence-corrected chi connectivity index (χ1v) is 4.83. The zero-order valence-electron chi connectivity index (χ0n) is 8.58. The Labute approximate surface area is 86.0 Å². The summed E-state index contributed by atoms with van der Waals surface area (Å²) in [5.74, 6) is -0.204. The van der Waals surface area contributed by atoms with Crippen molar-refractivity contribution >= 4 is 5.97 Å². The van der Waals surface area contributed by atoms with Gasteiger partial charge in [-0.25, -0.2) is 0 Å². The van der Waals surface area contributed by atoms with E-state index >= 15 is 0 Å². The molecular formula is C12H18O2. The molecular weight excluding hydrogens is 176 g/mol. The van der Waals surface area contributed by atoms with Crippen LogP contribution in [0.3, 0.4) is 0 Å². The molecule has 0 aromatic heterocycles. The van der Waals surface area contributed by atoms with Gasteiger partial charge in [-0.05, 0) is 19.3 Å². The van der Waals surface area contributed by atoms with Crippen molar-refractivity contribution in [1.82, 2.24) is 0 Å². The van der Waals surface area contributed by atoms with E-state index in [0.717, 1.165) is 19.3 Å². The van der Waals surface area contributed by atoms with Crippen molar-refractivity contribution in [3.05, 3.63) is 37.5 Å². The van der Waals surface area contributed by atoms with Crippen LogP contribution in [0.25, 0.3) is 0 Å². The third-order valence-corrected chi connectivity index (χ3v) is 1.59. The number of esters is 1. The van der Waals surface area contributed by atoms with Crippen LogP contribution in [0.1, 0.15) is 25.7 Å². The lowest BCUT2D eigenvalue weighted by Crippen LogP contribution is -2.01. The Morgan fingerprint density at radius 3 is 2.57 bits per heavy atom. The Morgan fingerprint density at radius 1 is 1.14 bits per heavy atom. The Balaban J connectivity index is 3.36. The lowest BCUT2D eigenvalue weighted by atomic mass is 10.2. The average Bonchev–Trinajstić information content (AvgIpc) is 2.20. The van der Waals surface area contributed by atoms with Gasteiger partial charge in [0.25, 0.3) is 0 Å². The lowest BCUT2D eigenvalue weighted by Gasteiger charge is -1.97. The maximum atomic E-state index is 11.0. The van der Waals surface area contributed by atoms with E-state index < -0.39 is 0 Å². The zero-order valence-corrected chi connectivity index (χ0v) is 8.58. The van der Waals surface area contributed by atoms with Gasteiger partial charge in [0.15, 0.2) is 0 Å². The van der Waals surface area contributed by atoms with Gasteiger partial charge in [-0.15, -0.1) is 6.58 Å². The number of carbonyl (C=O) groups excluding carboxylic acids is 1. The van der Waals surface area contributed by atoms with Gasteiger partial charge in [0, 0.05) is 0 Å². The van der Waals surface area contributed by atoms with Crippen LogP contribution in [0.4, 0.5) is 0 Å². The maximum absolute atomic E-state index is 11.0. The Hall–Kier alpha value is -1.31. The molecule has 0 bridgehead atoms. The Morgan fingerprint density at radius 2 is 1.93 bits per heavy atom. The molecule has 14 heavy (non-hydrogen) atoms. The van der Waals surface area contributed by atoms with E-state index in [1.807, 2.05) is 18.2 Å². The van der Waals surface area contributed by atoms with E-state index in [1.54, 1.807) is 6.08 Å². The summed E-state index contributed by atoms with van der Waals surface area (Å²) in [5.41, 5.74) is 0. The summed E-state index contributed by atoms with van der Waals surface area (Å²) < 4.78 is 4.79. The molecule has 0 N–H and O–H groups in total. The third-order valence-electron chi connectivity index (χ3n) is 1.59. The number of carbonyl (C=O) groups is 1. The number of ether oxygens (including phenoxy) is 1. The number of rotatable bonds is 8. The largest absolute Gasteiger partial charge is 0.461 e. The van der Waals surface area contributed by atoms with Crippen molar-refractivity contribution in [3.63, 3.8) is 0 Å². The van der Waals surface area contributed by atoms with E-state index in [-0.39, 0.29) is 5.97 Å². The summed E-state index contributed by atoms with van der Waals surface area (Å²) in [4.78, 5) is 11.0. The molecule has 0 aliphatic heterocycles. The van der Waals surface area contributed by atoms with Crippen LogP contribution in [0.5, 0.6) is 0 Å². The fraction of sp³-hybridized carbons (Fsp3) is 0.417. The van der Waals surface area contributed by atoms with Gasteiger partial charge in [0.1, 0.15) is 6.61 Å². The van der Waals surface area contributed by atoms with Crippen molar-refractivity contribution in [2.75, 3.05) is 6.61 Å². The third kappa shape index (κ3) is 8.78. The van der Waals surface area contributed by atoms with E-state index in [9.17, 15) is 4.79 Å². The van der Waals surface area contributed by atoms with Crippen LogP contribution >= 0.6 is 0 Å². The van der Waals surface area contributed by atoms with Gasteiger partial charge < -0.3 is 4.74 Å². The highest BCUT2D eigenvalue weighted by molar-refractivity contribution is 5.71. The molecule has 0 heterocycles. The quantitative estimate of drug-likeness (QED) is 0.337. The standard InChI is InChI=1S/C12H18O2/c1-3-5-6-7-8-9-10-12(13)14-11-4-2/h3-4,8-9H,1-2,5-7,10-11H2. The van der Waals surface area contributed by atoms with Crippen molar-refractivity contribution in [3.8, 4) is 0 Å². The molecule has 0 aromatic rings. The molecule has 0 aliphatic rings. The number of hydrogen-bond donors (Lipinski definition) is 0. The van der Waals surface area contributed by atoms with E-state index in [2.05, 4.69) is 13.2 Å². The molecule has 0 fully saturated rings. The highest BCUT2D eigenvalue weighted by atomic mass is 16.5. The molecule has 78 valence electrons. The normalized spacial score (nSPS) is 10.0. The molecule has 0 aromatic carbocycles. The molecule has 0 atom stereocenters. The molecule has 2 nitrogen and oxygen atoms in total. The molecule has 0 spiro atoms. The summed E-state index contributed by atoms with van der Waals surface area (Å²) in [7, 11) is 0. The van der Waals surface area contributed by atoms with Crippen LogP contribution < -0.4 is 0 Å². The molecule has 0 unspecified atom stereocenters. The fourth-order valence-electron chi connectivity index (χ4n) is 0.888. The minimum Gasteiger partial charge on any atom is -0.461 e. The maximum Gasteiger partial charge on any atom is 0.309 e. The first-order valence-electron chi connectivity index (χ1n) is 4.83. The van der Waals surface area contributed by atoms with Crippen LogP contribution in [0.2, 0.25) is 0 Å². The van der Waals surface area contributed by atoms with Crippen LogP contribution in [-0.2, 0) is 9.53 Å². The van der Waals surface area contributed by atoms with Gasteiger partial charge in [0.2, 0.25) is 0 Å². The van der Waals surface area contributed by atoms with Gasteiger partial charge in [-0.1, -0.05) is 30.9 Å². The summed E-state index contributed by atoms with van der Waals surface area (Å²) in [6, 6.07) is 0. The van der Waals surface area contributed by atoms with Gasteiger partial charge in [0.05, 0.1) is 6.42 Å². The van der Waals surface area contributed by atoms with Crippen LogP contribution in [0.15, 0.2) is 37.5 Å². The van der Waals surface area contributed by atoms with Crippen LogP contribution in [-0.4, -0.2) is 12.6 Å². The van der Waals surface area contributed by atoms with E-state index in [1.165, 1.54) is 0 Å². The Bertz CT molecular complexity index is 204. The smallest absolute Gasteiger partial charge is 0.309 e. The SMILES string of the molecule is C=CCCCC=CCC(=O)OCC=C. The molecule has 0 aliphatic carbocycles. The first-order chi connectivity index (χ1) is 6.81. The average molecular weight is 194 g/mol. The molecule has 0 amide bonds. The van der Waals surface area contributed by atoms with Crippen LogP contribution in [0, 0.1) is 0 Å². The first kappa shape index (κ1) is 12.7. The molecule has 0 rings (SSSR count). The van der Waals surface area contributed by atoms with Crippen molar-refractivity contribution in [2.24, 2.45) is 0 Å². The second-order valence-corrected chi connectivity index (χ2v) is 2.87. The minimum atomic E-state index is -0.204. The van der Waals surface area contributed by atoms with Gasteiger partial charge in [-0.3, -0.25) is 4.79 Å². The van der Waals surface area contributed by atoms with E-state index in [0.29, 0.717) is 13.0 Å². The summed E-state index contributed by atoms with van der Waals surface area (Å²) in [5, 5.41) is 0. The van der Waals surface area contributed by atoms with Gasteiger partial charge >= 0.3 is 5.97 Å². The molecule has 0 saturated carbocycles. The monoisotopic (exact) mass is 194 g/mol. The minimum absolute atomic E-state index is 0.204. The second kappa shape index (κ2) is 9.78. The molecule has 2 heteroatoms. The number of unbranched alkanes of at least 4 members (excludes halogenated alkanes) is 2. The fourth-order valence-corrected chi connectivity index (χ4v) is 0.888. The highest BCUT2D eigenvalue weighted by Gasteiger charge is 1.95. The molecule has 0 saturated heterocycles. The predicted molar refractivity (Wildman–Crippen MR) is 59.0 cm³/mol. The van der Waals surface area contributed by atoms with E-state index in [4.69, 9.17) is 4.74 Å². The van der Waals surface area contributed by atoms with Crippen molar-refractivity contribution < 1.29 is 9.53 Å². The molecule has 0 radical (unpaired) electrons. The van der Waals surface area contributed by atoms with Crippen molar-refractivity contribution in [1.29, 1.82) is 0 Å². The van der Waals surface area contributed by atoms with Gasteiger partial charge in [-0.2, -0.15) is 0 Å². The lowest BCUT2D eigenvalue weighted by molar-refractivity contribution is -0.141. The number of allylic oxidation sites excluding steroid dienone is 2. The summed E-state index contributed by atoms with van der Waals surface area (Å²) in [6.07, 6.45) is 10.7. The highest BCUT2D eigenvalue weighted by Crippen LogP contribution is 1.98. The summed E-state index contributed by atoms with van der Waals surface area (Å²) >= 11 is 0. The number of hydrogen-bond acceptors (Lipinski definition) is 2. The topological polar surface area (TPSA) is 26.3 Å². The van der Waals surface area contributed by atoms with Crippen molar-refractivity contribution in [2.45, 2.75) is 25.7 Å². The Kier molecular flexibility index (Phi) is 8.86. The predicted octanol–water partition coefficient (Wildman–Crippen LogP) is 3.02.